The second kappa shape index (κ2) is 6.18. The molecule has 0 fully saturated rings. The summed E-state index contributed by atoms with van der Waals surface area (Å²) in [6.45, 7) is 4.85. The first-order chi connectivity index (χ1) is 8.68. The fourth-order valence-electron chi connectivity index (χ4n) is 1.98. The van der Waals surface area contributed by atoms with Gasteiger partial charge in [0.25, 0.3) is 0 Å². The number of aliphatic hydroxyl groups excluding tert-OH is 1. The Morgan fingerprint density at radius 1 is 1.33 bits per heavy atom. The molecule has 0 aliphatic carbocycles. The van der Waals surface area contributed by atoms with E-state index in [2.05, 4.69) is 19.2 Å². The summed E-state index contributed by atoms with van der Waals surface area (Å²) in [6.07, 6.45) is 1.19. The van der Waals surface area contributed by atoms with Gasteiger partial charge >= 0.3 is 0 Å². The van der Waals surface area contributed by atoms with Gasteiger partial charge in [0.05, 0.1) is 12.8 Å². The van der Waals surface area contributed by atoms with Crippen molar-refractivity contribution in [3.63, 3.8) is 0 Å². The summed E-state index contributed by atoms with van der Waals surface area (Å²) >= 11 is 1.59. The molecular weight excluding hydrogens is 246 g/mol. The Morgan fingerprint density at radius 3 is 2.72 bits per heavy atom. The zero-order valence-corrected chi connectivity index (χ0v) is 11.5. The third kappa shape index (κ3) is 3.22. The predicted octanol–water partition coefficient (Wildman–Crippen LogP) is 3.19. The highest BCUT2D eigenvalue weighted by Crippen LogP contribution is 2.25. The van der Waals surface area contributed by atoms with Crippen LogP contribution in [0, 0.1) is 5.92 Å². The average Bonchev–Trinajstić information content (AvgIpc) is 3.01. The van der Waals surface area contributed by atoms with Crippen LogP contribution in [0.15, 0.2) is 40.3 Å². The summed E-state index contributed by atoms with van der Waals surface area (Å²) in [5.41, 5.74) is 0. The summed E-state index contributed by atoms with van der Waals surface area (Å²) in [4.78, 5) is 1.00. The van der Waals surface area contributed by atoms with E-state index in [0.29, 0.717) is 12.5 Å². The van der Waals surface area contributed by atoms with Crippen LogP contribution in [0.3, 0.4) is 0 Å². The van der Waals surface area contributed by atoms with Crippen LogP contribution >= 0.6 is 11.3 Å². The molecule has 2 rings (SSSR count). The van der Waals surface area contributed by atoms with Gasteiger partial charge in [0, 0.05) is 10.9 Å². The normalized spacial score (nSPS) is 14.9. The Kier molecular flexibility index (Phi) is 4.58. The molecular formula is C14H19NO2S. The molecule has 2 atom stereocenters. The maximum Gasteiger partial charge on any atom is 0.117 e. The van der Waals surface area contributed by atoms with Crippen LogP contribution < -0.4 is 5.32 Å². The van der Waals surface area contributed by atoms with Crippen molar-refractivity contribution in [2.75, 3.05) is 0 Å². The molecule has 0 aliphatic rings. The quantitative estimate of drug-likeness (QED) is 0.843. The van der Waals surface area contributed by atoms with E-state index in [9.17, 15) is 5.11 Å². The van der Waals surface area contributed by atoms with Crippen LogP contribution in [0.25, 0.3) is 0 Å². The fourth-order valence-corrected chi connectivity index (χ4v) is 2.74. The van der Waals surface area contributed by atoms with Crippen LogP contribution in [0.5, 0.6) is 0 Å². The standard InChI is InChI=1S/C14H19NO2S/c1-10(2)13(14(16)12-6-4-8-18-12)15-9-11-5-3-7-17-11/h3-8,10,13-16H,9H2,1-2H3. The molecule has 0 radical (unpaired) electrons. The number of rotatable bonds is 6. The first kappa shape index (κ1) is 13.3. The highest BCUT2D eigenvalue weighted by Gasteiger charge is 2.24. The maximum absolute atomic E-state index is 10.4. The molecule has 0 saturated heterocycles. The lowest BCUT2D eigenvalue weighted by Gasteiger charge is -2.26. The fraction of sp³-hybridized carbons (Fsp3) is 0.429. The summed E-state index contributed by atoms with van der Waals surface area (Å²) < 4.78 is 5.29. The minimum absolute atomic E-state index is 0.0220. The van der Waals surface area contributed by atoms with E-state index in [1.165, 1.54) is 0 Å². The minimum Gasteiger partial charge on any atom is -0.468 e. The van der Waals surface area contributed by atoms with Crippen molar-refractivity contribution in [1.82, 2.24) is 5.32 Å². The lowest BCUT2D eigenvalue weighted by Crippen LogP contribution is -2.38. The Labute approximate surface area is 111 Å². The molecule has 0 aromatic carbocycles. The van der Waals surface area contributed by atoms with Crippen LogP contribution in [0.4, 0.5) is 0 Å². The lowest BCUT2D eigenvalue weighted by molar-refractivity contribution is 0.106. The van der Waals surface area contributed by atoms with E-state index in [-0.39, 0.29) is 6.04 Å². The van der Waals surface area contributed by atoms with Crippen LogP contribution in [0.1, 0.15) is 30.6 Å². The van der Waals surface area contributed by atoms with Crippen molar-refractivity contribution in [2.45, 2.75) is 32.5 Å². The van der Waals surface area contributed by atoms with Gasteiger partial charge in [0.15, 0.2) is 0 Å². The molecule has 4 heteroatoms. The summed E-state index contributed by atoms with van der Waals surface area (Å²) in [5, 5.41) is 15.7. The number of hydrogen-bond donors (Lipinski definition) is 2. The van der Waals surface area contributed by atoms with Crippen LogP contribution in [-0.2, 0) is 6.54 Å². The predicted molar refractivity (Wildman–Crippen MR) is 73.5 cm³/mol. The number of hydrogen-bond acceptors (Lipinski definition) is 4. The molecule has 18 heavy (non-hydrogen) atoms. The van der Waals surface area contributed by atoms with E-state index < -0.39 is 6.10 Å². The molecule has 2 aromatic heterocycles. The number of thiophene rings is 1. The molecule has 3 nitrogen and oxygen atoms in total. The highest BCUT2D eigenvalue weighted by atomic mass is 32.1. The Hall–Kier alpha value is -1.10. The van der Waals surface area contributed by atoms with E-state index in [1.807, 2.05) is 29.6 Å². The SMILES string of the molecule is CC(C)C(NCc1ccco1)C(O)c1cccs1. The molecule has 0 amide bonds. The van der Waals surface area contributed by atoms with Gasteiger partial charge in [-0.05, 0) is 29.5 Å². The Bertz CT molecular complexity index is 436. The second-order valence-electron chi connectivity index (χ2n) is 4.69. The van der Waals surface area contributed by atoms with E-state index in [4.69, 9.17) is 4.42 Å². The van der Waals surface area contributed by atoms with Gasteiger partial charge in [-0.2, -0.15) is 0 Å². The van der Waals surface area contributed by atoms with Crippen molar-refractivity contribution < 1.29 is 9.52 Å². The van der Waals surface area contributed by atoms with Crippen molar-refractivity contribution in [3.8, 4) is 0 Å². The average molecular weight is 265 g/mol. The topological polar surface area (TPSA) is 45.4 Å². The van der Waals surface area contributed by atoms with Crippen molar-refractivity contribution in [3.05, 3.63) is 46.5 Å². The zero-order chi connectivity index (χ0) is 13.0. The summed E-state index contributed by atoms with van der Waals surface area (Å²) in [5.74, 6) is 1.23. The van der Waals surface area contributed by atoms with Crippen molar-refractivity contribution in [2.24, 2.45) is 5.92 Å². The van der Waals surface area contributed by atoms with Gasteiger partial charge in [-0.1, -0.05) is 19.9 Å². The molecule has 98 valence electrons. The van der Waals surface area contributed by atoms with Gasteiger partial charge < -0.3 is 14.8 Å². The highest BCUT2D eigenvalue weighted by molar-refractivity contribution is 7.10. The van der Waals surface area contributed by atoms with Crippen molar-refractivity contribution in [1.29, 1.82) is 0 Å². The van der Waals surface area contributed by atoms with Gasteiger partial charge in [-0.25, -0.2) is 0 Å². The van der Waals surface area contributed by atoms with Gasteiger partial charge in [-0.15, -0.1) is 11.3 Å². The van der Waals surface area contributed by atoms with Crippen molar-refractivity contribution >= 4 is 11.3 Å². The number of aliphatic hydroxyl groups is 1. The Balaban J connectivity index is 1.99. The van der Waals surface area contributed by atoms with Gasteiger partial charge in [-0.3, -0.25) is 0 Å². The van der Waals surface area contributed by atoms with E-state index in [0.717, 1.165) is 10.6 Å². The van der Waals surface area contributed by atoms with Gasteiger partial charge in [0.2, 0.25) is 0 Å². The molecule has 0 bridgehead atoms. The number of nitrogens with one attached hydrogen (secondary N) is 1. The number of furan rings is 1. The van der Waals surface area contributed by atoms with E-state index >= 15 is 0 Å². The van der Waals surface area contributed by atoms with Gasteiger partial charge in [0.1, 0.15) is 11.9 Å². The first-order valence-corrected chi connectivity index (χ1v) is 7.03. The van der Waals surface area contributed by atoms with E-state index in [1.54, 1.807) is 17.6 Å². The summed E-state index contributed by atoms with van der Waals surface area (Å²) in [6, 6.07) is 7.76. The third-order valence-electron chi connectivity index (χ3n) is 2.99. The molecule has 2 aromatic rings. The monoisotopic (exact) mass is 265 g/mol. The van der Waals surface area contributed by atoms with Crippen LogP contribution in [-0.4, -0.2) is 11.1 Å². The minimum atomic E-state index is -0.472. The lowest BCUT2D eigenvalue weighted by atomic mass is 9.97. The molecule has 2 unspecified atom stereocenters. The summed E-state index contributed by atoms with van der Waals surface area (Å²) in [7, 11) is 0. The molecule has 2 heterocycles. The first-order valence-electron chi connectivity index (χ1n) is 6.15. The molecule has 0 spiro atoms. The zero-order valence-electron chi connectivity index (χ0n) is 10.7. The molecule has 0 aliphatic heterocycles. The van der Waals surface area contributed by atoms with Crippen LogP contribution in [0.2, 0.25) is 0 Å². The maximum atomic E-state index is 10.4. The molecule has 0 saturated carbocycles. The largest absolute Gasteiger partial charge is 0.468 e. The Morgan fingerprint density at radius 2 is 2.17 bits per heavy atom. The smallest absolute Gasteiger partial charge is 0.117 e. The third-order valence-corrected chi connectivity index (χ3v) is 3.93. The molecule has 2 N–H and O–H groups in total. The second-order valence-corrected chi connectivity index (χ2v) is 5.67.